The lowest BCUT2D eigenvalue weighted by molar-refractivity contribution is -0.873. The zero-order valence-corrected chi connectivity index (χ0v) is 31.4. The number of carbonyl (C=O) groups is 2. The number of likely N-dealkylation sites (N-methyl/N-ethyl adjacent to an activating group) is 1. The number of hydrogen-bond donors (Lipinski definition) is 1. The van der Waals surface area contributed by atoms with Crippen LogP contribution in [0.5, 0.6) is 0 Å². The molecule has 1 N–H and O–H groups in total. The highest BCUT2D eigenvalue weighted by Gasteiger charge is 2.59. The standard InChI is InChI=1S/C37H64NO5.HI/c1-25(2)10-9-11-26(3)31-14-15-32-30-13-12-27-22-29(18-20-36(27,4)33(30)19-21-37(31,32)5)43-35(41)17-16-34(40)42-24-28(39)23-38(6,7)8;/h12,25-26,28-33,39H,9-11,13-24H2,1-8H3;1H/q+1;/p-1/t26-,28?,29+,30+,31-,32+,33+,36+,37-;/m1./s1. The van der Waals surface area contributed by atoms with E-state index in [9.17, 15) is 14.7 Å². The summed E-state index contributed by atoms with van der Waals surface area (Å²) in [5.41, 5.74) is 2.24. The molecule has 4 rings (SSSR count). The van der Waals surface area contributed by atoms with Gasteiger partial charge in [-0.2, -0.15) is 0 Å². The molecule has 0 amide bonds. The molecule has 0 heterocycles. The SMILES string of the molecule is CC(C)CCC[C@@H](C)[C@H]1CC[C@H]2[C@@H]3CC=C4C[C@@H](OC(=O)CCC(=O)OCC(O)C[N+](C)(C)C)CC[C@]4(C)[C@H]3CC[C@]12C.[I-]. The van der Waals surface area contributed by atoms with E-state index in [1.54, 1.807) is 0 Å². The van der Waals surface area contributed by atoms with Gasteiger partial charge >= 0.3 is 11.9 Å². The summed E-state index contributed by atoms with van der Waals surface area (Å²) in [6.45, 7) is 12.9. The van der Waals surface area contributed by atoms with Crippen molar-refractivity contribution in [2.45, 2.75) is 130 Å². The van der Waals surface area contributed by atoms with Crippen LogP contribution in [0.3, 0.4) is 0 Å². The summed E-state index contributed by atoms with van der Waals surface area (Å²) in [7, 11) is 5.92. The van der Waals surface area contributed by atoms with Crippen LogP contribution >= 0.6 is 0 Å². The van der Waals surface area contributed by atoms with Crippen LogP contribution in [0.4, 0.5) is 0 Å². The van der Waals surface area contributed by atoms with Gasteiger partial charge in [-0.05, 0) is 91.3 Å². The number of carbonyl (C=O) groups excluding carboxylic acids is 2. The number of quaternary nitrogens is 1. The highest BCUT2D eigenvalue weighted by molar-refractivity contribution is 5.77. The fraction of sp³-hybridized carbons (Fsp3) is 0.892. The van der Waals surface area contributed by atoms with Crippen LogP contribution in [-0.2, 0) is 19.1 Å². The Morgan fingerprint density at radius 2 is 1.68 bits per heavy atom. The monoisotopic (exact) mass is 729 g/mol. The number of halogens is 1. The zero-order chi connectivity index (χ0) is 31.6. The van der Waals surface area contributed by atoms with Crippen molar-refractivity contribution < 1.29 is 52.6 Å². The third kappa shape index (κ3) is 9.02. The van der Waals surface area contributed by atoms with E-state index in [-0.39, 0.29) is 60.9 Å². The van der Waals surface area contributed by atoms with Gasteiger partial charge in [-0.15, -0.1) is 0 Å². The maximum absolute atomic E-state index is 12.7. The molecular formula is C37H64INO5. The first-order valence-corrected chi connectivity index (χ1v) is 17.7. The summed E-state index contributed by atoms with van der Waals surface area (Å²) in [5.74, 6) is 4.14. The summed E-state index contributed by atoms with van der Waals surface area (Å²) in [6, 6.07) is 0. The largest absolute Gasteiger partial charge is 1.00 e. The second-order valence-corrected chi connectivity index (χ2v) is 17.0. The van der Waals surface area contributed by atoms with Crippen LogP contribution in [0.1, 0.15) is 118 Å². The van der Waals surface area contributed by atoms with Gasteiger partial charge in [-0.25, -0.2) is 0 Å². The Kier molecular flexibility index (Phi) is 13.3. The summed E-state index contributed by atoms with van der Waals surface area (Å²) in [5, 5.41) is 10.1. The van der Waals surface area contributed by atoms with Gasteiger partial charge in [-0.1, -0.05) is 65.5 Å². The second kappa shape index (κ2) is 15.5. The molecule has 0 bridgehead atoms. The summed E-state index contributed by atoms with van der Waals surface area (Å²) >= 11 is 0. The first kappa shape index (κ1) is 37.8. The van der Waals surface area contributed by atoms with Crippen molar-refractivity contribution in [1.82, 2.24) is 0 Å². The summed E-state index contributed by atoms with van der Waals surface area (Å²) in [4.78, 5) is 24.8. The zero-order valence-electron chi connectivity index (χ0n) is 29.2. The number of hydrogen-bond acceptors (Lipinski definition) is 5. The van der Waals surface area contributed by atoms with Gasteiger partial charge in [0.2, 0.25) is 0 Å². The van der Waals surface area contributed by atoms with Gasteiger partial charge in [0.05, 0.1) is 34.0 Å². The molecule has 4 aliphatic carbocycles. The predicted molar refractivity (Wildman–Crippen MR) is 172 cm³/mol. The Labute approximate surface area is 286 Å². The number of aliphatic hydroxyl groups is 1. The molecule has 0 aromatic heterocycles. The van der Waals surface area contributed by atoms with Crippen LogP contribution in [-0.4, -0.2) is 68.0 Å². The van der Waals surface area contributed by atoms with Crippen molar-refractivity contribution in [2.24, 2.45) is 46.3 Å². The number of esters is 2. The Bertz CT molecular complexity index is 1010. The predicted octanol–water partition coefficient (Wildman–Crippen LogP) is 4.33. The topological polar surface area (TPSA) is 72.8 Å². The molecular weight excluding hydrogens is 665 g/mol. The molecule has 3 fully saturated rings. The third-order valence-corrected chi connectivity index (χ3v) is 12.3. The molecule has 0 aliphatic heterocycles. The van der Waals surface area contributed by atoms with Gasteiger partial charge in [0.25, 0.3) is 0 Å². The normalized spacial score (nSPS) is 34.5. The number of rotatable bonds is 13. The maximum atomic E-state index is 12.7. The van der Waals surface area contributed by atoms with E-state index in [4.69, 9.17) is 9.47 Å². The molecule has 7 heteroatoms. The maximum Gasteiger partial charge on any atom is 0.306 e. The molecule has 4 aliphatic rings. The summed E-state index contributed by atoms with van der Waals surface area (Å²) in [6.07, 6.45) is 15.5. The second-order valence-electron chi connectivity index (χ2n) is 17.0. The molecule has 6 nitrogen and oxygen atoms in total. The smallest absolute Gasteiger partial charge is 0.306 e. The lowest BCUT2D eigenvalue weighted by atomic mass is 9.47. The average molecular weight is 730 g/mol. The number of aliphatic hydroxyl groups excluding tert-OH is 1. The van der Waals surface area contributed by atoms with Gasteiger partial charge in [-0.3, -0.25) is 9.59 Å². The fourth-order valence-corrected chi connectivity index (χ4v) is 10.1. The van der Waals surface area contributed by atoms with Crippen molar-refractivity contribution in [1.29, 1.82) is 0 Å². The molecule has 44 heavy (non-hydrogen) atoms. The first-order valence-electron chi connectivity index (χ1n) is 17.7. The molecule has 3 saturated carbocycles. The molecule has 1 unspecified atom stereocenters. The Morgan fingerprint density at radius 3 is 2.36 bits per heavy atom. The van der Waals surface area contributed by atoms with Crippen molar-refractivity contribution in [3.05, 3.63) is 11.6 Å². The van der Waals surface area contributed by atoms with Gasteiger partial charge in [0.1, 0.15) is 25.4 Å². The van der Waals surface area contributed by atoms with E-state index in [1.807, 2.05) is 21.1 Å². The molecule has 9 atom stereocenters. The van der Waals surface area contributed by atoms with Gasteiger partial charge in [0, 0.05) is 6.42 Å². The number of ether oxygens (including phenoxy) is 2. The van der Waals surface area contributed by atoms with Crippen LogP contribution in [0.2, 0.25) is 0 Å². The van der Waals surface area contributed by atoms with Crippen LogP contribution in [0, 0.1) is 46.3 Å². The Morgan fingerprint density at radius 1 is 0.977 bits per heavy atom. The number of allylic oxidation sites excluding steroid dienone is 1. The van der Waals surface area contributed by atoms with E-state index >= 15 is 0 Å². The minimum atomic E-state index is -0.716. The van der Waals surface area contributed by atoms with Crippen LogP contribution < -0.4 is 24.0 Å². The Balaban J connectivity index is 0.00000529. The lowest BCUT2D eigenvalue weighted by Crippen LogP contribution is -3.00. The van der Waals surface area contributed by atoms with E-state index in [0.717, 1.165) is 54.8 Å². The minimum absolute atomic E-state index is 0. The van der Waals surface area contributed by atoms with Crippen molar-refractivity contribution >= 4 is 11.9 Å². The van der Waals surface area contributed by atoms with Crippen LogP contribution in [0.25, 0.3) is 0 Å². The molecule has 0 aromatic carbocycles. The number of nitrogens with zero attached hydrogens (tertiary/aromatic N) is 1. The quantitative estimate of drug-likeness (QED) is 0.132. The van der Waals surface area contributed by atoms with E-state index in [2.05, 4.69) is 40.7 Å². The molecule has 0 radical (unpaired) electrons. The average Bonchev–Trinajstić information content (AvgIpc) is 3.27. The first-order chi connectivity index (χ1) is 20.1. The van der Waals surface area contributed by atoms with Gasteiger partial charge < -0.3 is 43.0 Å². The van der Waals surface area contributed by atoms with Gasteiger partial charge in [0.15, 0.2) is 0 Å². The molecule has 0 aromatic rings. The highest BCUT2D eigenvalue weighted by Crippen LogP contribution is 2.67. The minimum Gasteiger partial charge on any atom is -1.00 e. The number of fused-ring (bicyclic) bond motifs is 5. The Hall–Kier alpha value is -0.670. The van der Waals surface area contributed by atoms with Crippen molar-refractivity contribution in [2.75, 3.05) is 34.3 Å². The fourth-order valence-electron chi connectivity index (χ4n) is 10.1. The summed E-state index contributed by atoms with van der Waals surface area (Å²) < 4.78 is 11.7. The highest BCUT2D eigenvalue weighted by atomic mass is 127. The van der Waals surface area contributed by atoms with Crippen molar-refractivity contribution in [3.8, 4) is 0 Å². The molecule has 254 valence electrons. The van der Waals surface area contributed by atoms with Crippen molar-refractivity contribution in [3.63, 3.8) is 0 Å². The molecule has 0 spiro atoms. The van der Waals surface area contributed by atoms with E-state index in [1.165, 1.54) is 56.9 Å². The van der Waals surface area contributed by atoms with Crippen LogP contribution in [0.15, 0.2) is 11.6 Å². The van der Waals surface area contributed by atoms with E-state index < -0.39 is 12.1 Å². The third-order valence-electron chi connectivity index (χ3n) is 12.3. The molecule has 0 saturated heterocycles. The lowest BCUT2D eigenvalue weighted by Gasteiger charge is -2.58. The van der Waals surface area contributed by atoms with E-state index in [0.29, 0.717) is 16.4 Å².